The fourth-order valence-corrected chi connectivity index (χ4v) is 2.78. The van der Waals surface area contributed by atoms with E-state index < -0.39 is 11.9 Å². The third kappa shape index (κ3) is 4.32. The maximum atomic E-state index is 12.4. The summed E-state index contributed by atoms with van der Waals surface area (Å²) in [5.41, 5.74) is 0.635. The minimum atomic E-state index is -1.43. The number of furan rings is 1. The molecule has 1 amide bonds. The Kier molecular flexibility index (Phi) is 6.57. The molecule has 5 nitrogen and oxygen atoms in total. The van der Waals surface area contributed by atoms with Crippen molar-refractivity contribution in [1.82, 2.24) is 0 Å². The number of rotatable bonds is 4. The Balaban J connectivity index is 0.00000243. The van der Waals surface area contributed by atoms with Crippen molar-refractivity contribution in [3.63, 3.8) is 0 Å². The first-order valence-electron chi connectivity index (χ1n) is 7.11. The molecule has 0 saturated heterocycles. The van der Waals surface area contributed by atoms with Crippen molar-refractivity contribution < 1.29 is 38.0 Å². The van der Waals surface area contributed by atoms with Crippen LogP contribution in [-0.2, 0) is 0 Å². The Labute approximate surface area is 171 Å². The van der Waals surface area contributed by atoms with Crippen LogP contribution in [0.15, 0.2) is 59.2 Å². The van der Waals surface area contributed by atoms with E-state index in [1.165, 1.54) is 36.6 Å². The van der Waals surface area contributed by atoms with Crippen LogP contribution in [0.2, 0.25) is 10.0 Å². The number of amides is 1. The van der Waals surface area contributed by atoms with Crippen LogP contribution in [0.25, 0.3) is 11.3 Å². The summed E-state index contributed by atoms with van der Waals surface area (Å²) in [6, 6.07) is 12.2. The van der Waals surface area contributed by atoms with E-state index in [9.17, 15) is 14.7 Å². The van der Waals surface area contributed by atoms with Gasteiger partial charge in [0, 0.05) is 16.1 Å². The molecule has 0 aliphatic heterocycles. The second kappa shape index (κ2) is 8.48. The van der Waals surface area contributed by atoms with E-state index in [-0.39, 0.29) is 40.7 Å². The molecule has 0 fully saturated rings. The van der Waals surface area contributed by atoms with E-state index in [0.29, 0.717) is 16.3 Å². The number of halogens is 2. The zero-order chi connectivity index (χ0) is 18.0. The molecule has 1 aromatic heterocycles. The Morgan fingerprint density at radius 2 is 1.77 bits per heavy atom. The van der Waals surface area contributed by atoms with Gasteiger partial charge in [0.2, 0.25) is 0 Å². The van der Waals surface area contributed by atoms with Crippen LogP contribution in [0, 0.1) is 0 Å². The molecule has 3 rings (SSSR count). The van der Waals surface area contributed by atoms with Gasteiger partial charge in [-0.3, -0.25) is 4.79 Å². The number of carboxylic acids is 1. The Hall–Kier alpha value is -2.16. The van der Waals surface area contributed by atoms with Gasteiger partial charge >= 0.3 is 18.9 Å². The van der Waals surface area contributed by atoms with Crippen molar-refractivity contribution in [2.24, 2.45) is 0 Å². The van der Waals surface area contributed by atoms with Gasteiger partial charge in [-0.15, -0.1) is 0 Å². The number of nitrogens with one attached hydrogen (secondary N) is 1. The fourth-order valence-electron chi connectivity index (χ4n) is 2.28. The number of carbonyl (C=O) groups excluding carboxylic acids is 2. The average molecular weight is 382 g/mol. The van der Waals surface area contributed by atoms with Crippen LogP contribution in [0.5, 0.6) is 0 Å². The summed E-state index contributed by atoms with van der Waals surface area (Å²) >= 11 is 11.8. The summed E-state index contributed by atoms with van der Waals surface area (Å²) in [4.78, 5) is 23.8. The summed E-state index contributed by atoms with van der Waals surface area (Å²) in [5, 5.41) is 14.5. The summed E-state index contributed by atoms with van der Waals surface area (Å²) in [5.74, 6) is -1.48. The van der Waals surface area contributed by atoms with E-state index in [0.717, 1.165) is 0 Å². The van der Waals surface area contributed by atoms with Crippen LogP contribution in [0.1, 0.15) is 20.7 Å². The first kappa shape index (κ1) is 20.2. The summed E-state index contributed by atoms with van der Waals surface area (Å²) in [6.07, 6.45) is 1.48. The van der Waals surface area contributed by atoms with E-state index in [2.05, 4.69) is 5.32 Å². The zero-order valence-corrected chi connectivity index (χ0v) is 15.1. The Bertz CT molecular complexity index is 958. The smallest absolute Gasteiger partial charge is 0.545 e. The molecule has 2 aromatic carbocycles. The van der Waals surface area contributed by atoms with Crippen molar-refractivity contribution in [2.75, 3.05) is 5.32 Å². The molecule has 1 heterocycles. The second-order valence-corrected chi connectivity index (χ2v) is 5.95. The molecule has 0 radical (unpaired) electrons. The molecule has 0 saturated carbocycles. The largest absolute Gasteiger partial charge is 1.00 e. The first-order chi connectivity index (χ1) is 12.0. The second-order valence-electron chi connectivity index (χ2n) is 5.10. The van der Waals surface area contributed by atoms with Crippen LogP contribution < -0.4 is 29.3 Å². The third-order valence-electron chi connectivity index (χ3n) is 3.47. The molecule has 0 spiro atoms. The van der Waals surface area contributed by atoms with Gasteiger partial charge in [0.05, 0.1) is 28.5 Å². The molecule has 3 aromatic rings. The zero-order valence-electron chi connectivity index (χ0n) is 13.6. The molecule has 8 heteroatoms. The van der Waals surface area contributed by atoms with Crippen molar-refractivity contribution in [3.05, 3.63) is 76.0 Å². The monoisotopic (exact) mass is 381 g/mol. The van der Waals surface area contributed by atoms with Gasteiger partial charge in [-0.1, -0.05) is 23.2 Å². The molecule has 0 unspecified atom stereocenters. The topological polar surface area (TPSA) is 82.4 Å². The van der Waals surface area contributed by atoms with Gasteiger partial charge in [0.1, 0.15) is 5.76 Å². The normalized spacial score (nSPS) is 10.1. The molecular formula is C18H10Cl2LiNO4. The molecule has 26 heavy (non-hydrogen) atoms. The van der Waals surface area contributed by atoms with Crippen LogP contribution in [0.3, 0.4) is 0 Å². The van der Waals surface area contributed by atoms with Gasteiger partial charge in [-0.05, 0) is 48.5 Å². The molecule has 0 aliphatic carbocycles. The molecule has 126 valence electrons. The molecule has 1 N–H and O–H groups in total. The summed E-state index contributed by atoms with van der Waals surface area (Å²) < 4.78 is 5.24. The van der Waals surface area contributed by atoms with Crippen molar-refractivity contribution in [3.8, 4) is 11.3 Å². The number of aromatic carboxylic acids is 1. The number of carboxylic acid groups (broad SMARTS) is 1. The summed E-state index contributed by atoms with van der Waals surface area (Å²) in [7, 11) is 0. The number of benzene rings is 2. The fraction of sp³-hybridized carbons (Fsp3) is 0. The molecule has 0 bridgehead atoms. The van der Waals surface area contributed by atoms with E-state index in [1.54, 1.807) is 18.2 Å². The quantitative estimate of drug-likeness (QED) is 0.680. The van der Waals surface area contributed by atoms with Crippen LogP contribution in [0.4, 0.5) is 5.69 Å². The SMILES string of the molecule is O=C(Nc1ccc(-c2ccco2)cc1C(=O)[O-])c1ccc(Cl)cc1Cl.[Li+]. The van der Waals surface area contributed by atoms with Crippen LogP contribution >= 0.6 is 23.2 Å². The predicted octanol–water partition coefficient (Wildman–Crippen LogP) is 0.873. The summed E-state index contributed by atoms with van der Waals surface area (Å²) in [6.45, 7) is 0. The first-order valence-corrected chi connectivity index (χ1v) is 7.87. The van der Waals surface area contributed by atoms with Crippen molar-refractivity contribution >= 4 is 40.8 Å². The predicted molar refractivity (Wildman–Crippen MR) is 92.9 cm³/mol. The van der Waals surface area contributed by atoms with Gasteiger partial charge in [0.25, 0.3) is 5.91 Å². The number of anilines is 1. The Morgan fingerprint density at radius 3 is 2.38 bits per heavy atom. The number of carbonyl (C=O) groups is 2. The molecule has 0 atom stereocenters. The van der Waals surface area contributed by atoms with E-state index >= 15 is 0 Å². The van der Waals surface area contributed by atoms with Gasteiger partial charge in [-0.25, -0.2) is 0 Å². The molecule has 0 aliphatic rings. The number of hydrogen-bond donors (Lipinski definition) is 1. The standard InChI is InChI=1S/C18H11Cl2NO4.Li/c19-11-4-5-12(14(20)9-11)17(22)21-15-6-3-10(8-13(15)18(23)24)16-2-1-7-25-16;/h1-9H,(H,21,22)(H,23,24);/q;+1/p-1. The molecular weight excluding hydrogens is 372 g/mol. The van der Waals surface area contributed by atoms with Gasteiger partial charge in [-0.2, -0.15) is 0 Å². The Morgan fingerprint density at radius 1 is 1.00 bits per heavy atom. The minimum absolute atomic E-state index is 0. The number of hydrogen-bond acceptors (Lipinski definition) is 4. The average Bonchev–Trinajstić information content (AvgIpc) is 3.09. The van der Waals surface area contributed by atoms with Gasteiger partial charge in [0.15, 0.2) is 0 Å². The maximum absolute atomic E-state index is 12.4. The maximum Gasteiger partial charge on any atom is 1.00 e. The third-order valence-corrected chi connectivity index (χ3v) is 4.02. The van der Waals surface area contributed by atoms with Crippen LogP contribution in [-0.4, -0.2) is 11.9 Å². The van der Waals surface area contributed by atoms with Gasteiger partial charge < -0.3 is 19.6 Å². The van der Waals surface area contributed by atoms with E-state index in [4.69, 9.17) is 27.6 Å². The van der Waals surface area contributed by atoms with Crippen molar-refractivity contribution in [1.29, 1.82) is 0 Å². The van der Waals surface area contributed by atoms with E-state index in [1.807, 2.05) is 0 Å². The minimum Gasteiger partial charge on any atom is -0.545 e. The van der Waals surface area contributed by atoms with Crippen molar-refractivity contribution in [2.45, 2.75) is 0 Å².